The molecular weight excluding hydrogens is 330 g/mol. The van der Waals surface area contributed by atoms with Crippen LogP contribution in [0.1, 0.15) is 11.1 Å². The van der Waals surface area contributed by atoms with E-state index < -0.39 is 0 Å². The highest BCUT2D eigenvalue weighted by Gasteiger charge is 2.09. The Labute approximate surface area is 152 Å². The second kappa shape index (κ2) is 8.24. The lowest BCUT2D eigenvalue weighted by atomic mass is 10.1. The summed E-state index contributed by atoms with van der Waals surface area (Å²) >= 11 is 0. The number of aryl methyl sites for hydroxylation is 2. The van der Waals surface area contributed by atoms with Crippen molar-refractivity contribution in [2.45, 2.75) is 20.4 Å². The predicted molar refractivity (Wildman–Crippen MR) is 97.7 cm³/mol. The van der Waals surface area contributed by atoms with Crippen molar-refractivity contribution < 1.29 is 9.53 Å². The number of rotatable bonds is 7. The topological polar surface area (TPSA) is 81.9 Å². The van der Waals surface area contributed by atoms with Crippen molar-refractivity contribution in [3.05, 3.63) is 59.7 Å². The Hall–Kier alpha value is -3.22. The monoisotopic (exact) mass is 351 g/mol. The Morgan fingerprint density at radius 2 is 1.96 bits per heavy atom. The van der Waals surface area contributed by atoms with E-state index in [1.807, 2.05) is 56.3 Å². The minimum absolute atomic E-state index is 0.0173. The Morgan fingerprint density at radius 1 is 1.15 bits per heavy atom. The quantitative estimate of drug-likeness (QED) is 0.660. The Bertz CT molecular complexity index is 877. The van der Waals surface area contributed by atoms with Crippen LogP contribution in [0.25, 0.3) is 11.4 Å². The first-order valence-electron chi connectivity index (χ1n) is 8.42. The molecule has 7 heteroatoms. The molecule has 3 rings (SSSR count). The number of aromatic nitrogens is 4. The molecular formula is C19H21N5O2. The third-order valence-corrected chi connectivity index (χ3v) is 3.78. The second-order valence-electron chi connectivity index (χ2n) is 5.98. The highest BCUT2D eigenvalue weighted by Crippen LogP contribution is 2.18. The molecule has 7 nitrogen and oxygen atoms in total. The highest BCUT2D eigenvalue weighted by atomic mass is 16.5. The van der Waals surface area contributed by atoms with Gasteiger partial charge in [0.05, 0.1) is 6.54 Å². The minimum Gasteiger partial charge on any atom is -0.491 e. The molecule has 1 amide bonds. The number of carbonyl (C=O) groups excluding carboxylic acids is 1. The molecule has 0 spiro atoms. The van der Waals surface area contributed by atoms with Gasteiger partial charge in [-0.25, -0.2) is 0 Å². The summed E-state index contributed by atoms with van der Waals surface area (Å²) in [6.07, 6.45) is 0. The third-order valence-electron chi connectivity index (χ3n) is 3.78. The number of hydrogen-bond acceptors (Lipinski definition) is 5. The maximum atomic E-state index is 12.0. The van der Waals surface area contributed by atoms with Crippen molar-refractivity contribution in [2.24, 2.45) is 0 Å². The molecule has 0 aliphatic rings. The average molecular weight is 351 g/mol. The van der Waals surface area contributed by atoms with Gasteiger partial charge in [-0.05, 0) is 30.7 Å². The van der Waals surface area contributed by atoms with Crippen LogP contribution >= 0.6 is 0 Å². The zero-order valence-corrected chi connectivity index (χ0v) is 14.8. The fraction of sp³-hybridized carbons (Fsp3) is 0.263. The molecule has 0 aliphatic heterocycles. The lowest BCUT2D eigenvalue weighted by Crippen LogP contribution is -2.31. The smallest absolute Gasteiger partial charge is 0.243 e. The van der Waals surface area contributed by atoms with Crippen LogP contribution in [0.15, 0.2) is 48.5 Å². The van der Waals surface area contributed by atoms with Gasteiger partial charge in [0.2, 0.25) is 11.7 Å². The van der Waals surface area contributed by atoms with Crippen LogP contribution in [0.4, 0.5) is 0 Å². The molecule has 0 saturated heterocycles. The number of amides is 1. The van der Waals surface area contributed by atoms with Crippen molar-refractivity contribution in [3.8, 4) is 17.1 Å². The number of hydrogen-bond donors (Lipinski definition) is 1. The van der Waals surface area contributed by atoms with Gasteiger partial charge in [0.25, 0.3) is 0 Å². The Morgan fingerprint density at radius 3 is 2.73 bits per heavy atom. The van der Waals surface area contributed by atoms with Crippen LogP contribution in [-0.2, 0) is 11.3 Å². The van der Waals surface area contributed by atoms with Gasteiger partial charge in [-0.2, -0.15) is 4.80 Å². The van der Waals surface area contributed by atoms with Gasteiger partial charge < -0.3 is 10.1 Å². The van der Waals surface area contributed by atoms with Crippen molar-refractivity contribution in [1.29, 1.82) is 0 Å². The summed E-state index contributed by atoms with van der Waals surface area (Å²) in [5.74, 6) is 1.14. The van der Waals surface area contributed by atoms with Gasteiger partial charge in [-0.15, -0.1) is 10.2 Å². The van der Waals surface area contributed by atoms with E-state index in [1.165, 1.54) is 10.4 Å². The molecule has 1 heterocycles. The van der Waals surface area contributed by atoms with Crippen molar-refractivity contribution in [3.63, 3.8) is 0 Å². The van der Waals surface area contributed by atoms with Gasteiger partial charge in [0, 0.05) is 5.56 Å². The zero-order chi connectivity index (χ0) is 18.4. The molecule has 0 saturated carbocycles. The Balaban J connectivity index is 1.44. The van der Waals surface area contributed by atoms with E-state index in [2.05, 4.69) is 26.8 Å². The summed E-state index contributed by atoms with van der Waals surface area (Å²) in [5.41, 5.74) is 3.14. The molecule has 2 aromatic carbocycles. The van der Waals surface area contributed by atoms with E-state index in [0.29, 0.717) is 19.0 Å². The molecule has 0 unspecified atom stereocenters. The summed E-state index contributed by atoms with van der Waals surface area (Å²) in [6, 6.07) is 15.5. The lowest BCUT2D eigenvalue weighted by Gasteiger charge is -2.10. The molecule has 0 atom stereocenters. The summed E-state index contributed by atoms with van der Waals surface area (Å²) < 4.78 is 5.69. The molecule has 1 N–H and O–H groups in total. The van der Waals surface area contributed by atoms with E-state index in [0.717, 1.165) is 16.9 Å². The lowest BCUT2D eigenvalue weighted by molar-refractivity contribution is -0.122. The Kier molecular flexibility index (Phi) is 5.58. The maximum Gasteiger partial charge on any atom is 0.243 e. The van der Waals surface area contributed by atoms with E-state index in [1.54, 1.807) is 0 Å². The van der Waals surface area contributed by atoms with E-state index >= 15 is 0 Å². The number of nitrogens with one attached hydrogen (secondary N) is 1. The van der Waals surface area contributed by atoms with Crippen LogP contribution in [0.3, 0.4) is 0 Å². The average Bonchev–Trinajstić information content (AvgIpc) is 3.09. The molecule has 0 fully saturated rings. The van der Waals surface area contributed by atoms with E-state index in [9.17, 15) is 4.79 Å². The van der Waals surface area contributed by atoms with Crippen LogP contribution < -0.4 is 10.1 Å². The molecule has 26 heavy (non-hydrogen) atoms. The van der Waals surface area contributed by atoms with Gasteiger partial charge in [-0.3, -0.25) is 4.79 Å². The number of benzene rings is 2. The van der Waals surface area contributed by atoms with Crippen LogP contribution in [0.2, 0.25) is 0 Å². The summed E-state index contributed by atoms with van der Waals surface area (Å²) in [4.78, 5) is 13.3. The summed E-state index contributed by atoms with van der Waals surface area (Å²) in [5, 5.41) is 14.9. The van der Waals surface area contributed by atoms with Crippen molar-refractivity contribution in [2.75, 3.05) is 13.2 Å². The van der Waals surface area contributed by atoms with E-state index in [-0.39, 0.29) is 12.5 Å². The normalized spacial score (nSPS) is 10.5. The number of ether oxygens (including phenoxy) is 1. The first-order valence-corrected chi connectivity index (χ1v) is 8.42. The number of nitrogens with zero attached hydrogens (tertiary/aromatic N) is 4. The fourth-order valence-electron chi connectivity index (χ4n) is 2.51. The predicted octanol–water partition coefficient (Wildman–Crippen LogP) is 2.15. The summed E-state index contributed by atoms with van der Waals surface area (Å²) in [7, 11) is 0. The molecule has 0 radical (unpaired) electrons. The molecule has 3 aromatic rings. The van der Waals surface area contributed by atoms with Gasteiger partial charge in [-0.1, -0.05) is 48.0 Å². The fourth-order valence-corrected chi connectivity index (χ4v) is 2.51. The van der Waals surface area contributed by atoms with Crippen LogP contribution in [0.5, 0.6) is 5.75 Å². The maximum absolute atomic E-state index is 12.0. The highest BCUT2D eigenvalue weighted by molar-refractivity contribution is 5.75. The molecule has 0 bridgehead atoms. The van der Waals surface area contributed by atoms with Crippen molar-refractivity contribution in [1.82, 2.24) is 25.5 Å². The van der Waals surface area contributed by atoms with Gasteiger partial charge >= 0.3 is 0 Å². The molecule has 134 valence electrons. The van der Waals surface area contributed by atoms with E-state index in [4.69, 9.17) is 4.74 Å². The third kappa shape index (κ3) is 4.66. The molecule has 0 aliphatic carbocycles. The largest absolute Gasteiger partial charge is 0.491 e. The minimum atomic E-state index is -0.189. The standard InChI is InChI=1S/C19H21N5O2/c1-14-8-9-17(15(2)12-14)26-11-10-20-18(25)13-24-22-19(21-23-24)16-6-4-3-5-7-16/h3-9,12H,10-11,13H2,1-2H3,(H,20,25). The first-order chi connectivity index (χ1) is 12.6. The van der Waals surface area contributed by atoms with Gasteiger partial charge in [0.1, 0.15) is 18.9 Å². The summed E-state index contributed by atoms with van der Waals surface area (Å²) in [6.45, 7) is 4.87. The van der Waals surface area contributed by atoms with Crippen LogP contribution in [-0.4, -0.2) is 39.3 Å². The molecule has 1 aromatic heterocycles. The zero-order valence-electron chi connectivity index (χ0n) is 14.8. The van der Waals surface area contributed by atoms with Gasteiger partial charge in [0.15, 0.2) is 0 Å². The first kappa shape index (κ1) is 17.6. The number of tetrazole rings is 1. The number of carbonyl (C=O) groups is 1. The van der Waals surface area contributed by atoms with Crippen LogP contribution in [0, 0.1) is 13.8 Å². The van der Waals surface area contributed by atoms with Crippen molar-refractivity contribution >= 4 is 5.91 Å². The second-order valence-corrected chi connectivity index (χ2v) is 5.98. The SMILES string of the molecule is Cc1ccc(OCCNC(=O)Cn2nnc(-c3ccccc3)n2)c(C)c1.